The van der Waals surface area contributed by atoms with Crippen molar-refractivity contribution in [3.8, 4) is 0 Å². The molecule has 1 aromatic heterocycles. The van der Waals surface area contributed by atoms with Crippen LogP contribution in [-0.2, 0) is 30.8 Å². The number of aromatic nitrogens is 3. The Morgan fingerprint density at radius 2 is 1.81 bits per heavy atom. The first-order chi connectivity index (χ1) is 15.1. The van der Waals surface area contributed by atoms with Crippen LogP contribution in [0.5, 0.6) is 0 Å². The number of nitrogens with zero attached hydrogens (tertiary/aromatic N) is 5. The molecule has 2 N–H and O–H groups in total. The molecule has 3 rings (SSSR count). The van der Waals surface area contributed by atoms with Gasteiger partial charge in [-0.15, -0.1) is 10.2 Å². The summed E-state index contributed by atoms with van der Waals surface area (Å²) in [5, 5.41) is 14.8. The van der Waals surface area contributed by atoms with E-state index >= 15 is 0 Å². The zero-order chi connectivity index (χ0) is 22.1. The third-order valence-electron chi connectivity index (χ3n) is 5.35. The van der Waals surface area contributed by atoms with Gasteiger partial charge in [0.05, 0.1) is 18.8 Å². The summed E-state index contributed by atoms with van der Waals surface area (Å²) in [4.78, 5) is 7.21. The van der Waals surface area contributed by atoms with E-state index in [0.717, 1.165) is 57.5 Å². The van der Waals surface area contributed by atoms with Gasteiger partial charge in [0, 0.05) is 45.7 Å². The predicted octanol–water partition coefficient (Wildman–Crippen LogP) is 2.21. The summed E-state index contributed by atoms with van der Waals surface area (Å²) >= 11 is 0. The van der Waals surface area contributed by atoms with Crippen molar-refractivity contribution in [2.24, 2.45) is 4.99 Å². The smallest absolute Gasteiger partial charge is 0.191 e. The Bertz CT molecular complexity index is 808. The third kappa shape index (κ3) is 7.33. The van der Waals surface area contributed by atoms with E-state index in [2.05, 4.69) is 82.3 Å². The first-order valence-corrected chi connectivity index (χ1v) is 11.4. The van der Waals surface area contributed by atoms with E-state index in [-0.39, 0.29) is 0 Å². The molecule has 1 fully saturated rings. The van der Waals surface area contributed by atoms with Crippen LogP contribution in [0, 0.1) is 0 Å². The lowest BCUT2D eigenvalue weighted by Gasteiger charge is -2.35. The number of guanidine groups is 1. The van der Waals surface area contributed by atoms with Crippen LogP contribution in [0.2, 0.25) is 0 Å². The van der Waals surface area contributed by atoms with Crippen molar-refractivity contribution in [2.75, 3.05) is 26.2 Å². The SMILES string of the molecule is CCNC(=NCc1ccc(CN2CC(C)OC(C)C2)cc1)NCCn1cnnc1CC. The fourth-order valence-corrected chi connectivity index (χ4v) is 3.97. The summed E-state index contributed by atoms with van der Waals surface area (Å²) in [7, 11) is 0. The van der Waals surface area contributed by atoms with Gasteiger partial charge in [-0.2, -0.15) is 0 Å². The second-order valence-corrected chi connectivity index (χ2v) is 8.18. The van der Waals surface area contributed by atoms with Gasteiger partial charge in [-0.1, -0.05) is 31.2 Å². The lowest BCUT2D eigenvalue weighted by atomic mass is 10.1. The number of aliphatic imine (C=N–C) groups is 1. The minimum absolute atomic E-state index is 0.299. The van der Waals surface area contributed by atoms with Crippen molar-refractivity contribution in [3.63, 3.8) is 0 Å². The topological polar surface area (TPSA) is 79.6 Å². The second kappa shape index (κ2) is 11.8. The number of ether oxygens (including phenoxy) is 1. The molecular formula is C23H37N7O. The van der Waals surface area contributed by atoms with Crippen molar-refractivity contribution < 1.29 is 4.74 Å². The van der Waals surface area contributed by atoms with E-state index in [0.29, 0.717) is 18.8 Å². The lowest BCUT2D eigenvalue weighted by Crippen LogP contribution is -2.44. The fraction of sp³-hybridized carbons (Fsp3) is 0.609. The molecule has 0 spiro atoms. The van der Waals surface area contributed by atoms with Gasteiger partial charge in [0.1, 0.15) is 12.2 Å². The number of benzene rings is 1. The molecule has 1 aliphatic heterocycles. The maximum atomic E-state index is 5.83. The van der Waals surface area contributed by atoms with Crippen LogP contribution in [-0.4, -0.2) is 64.0 Å². The van der Waals surface area contributed by atoms with E-state index in [4.69, 9.17) is 9.73 Å². The number of hydrogen-bond donors (Lipinski definition) is 2. The molecule has 1 aromatic carbocycles. The van der Waals surface area contributed by atoms with Crippen LogP contribution in [0.25, 0.3) is 0 Å². The molecule has 0 bridgehead atoms. The molecule has 0 amide bonds. The molecule has 2 atom stereocenters. The highest BCUT2D eigenvalue weighted by atomic mass is 16.5. The Morgan fingerprint density at radius 3 is 2.48 bits per heavy atom. The van der Waals surface area contributed by atoms with Gasteiger partial charge in [-0.05, 0) is 31.9 Å². The number of hydrogen-bond acceptors (Lipinski definition) is 5. The van der Waals surface area contributed by atoms with Crippen LogP contribution in [0.4, 0.5) is 0 Å². The zero-order valence-corrected chi connectivity index (χ0v) is 19.3. The number of aryl methyl sites for hydroxylation is 1. The minimum atomic E-state index is 0.299. The Balaban J connectivity index is 1.49. The quantitative estimate of drug-likeness (QED) is 0.472. The van der Waals surface area contributed by atoms with Crippen molar-refractivity contribution in [1.82, 2.24) is 30.3 Å². The zero-order valence-electron chi connectivity index (χ0n) is 19.3. The van der Waals surface area contributed by atoms with Crippen molar-refractivity contribution in [1.29, 1.82) is 0 Å². The van der Waals surface area contributed by atoms with E-state index < -0.39 is 0 Å². The Labute approximate surface area is 186 Å². The van der Waals surface area contributed by atoms with Gasteiger partial charge in [-0.3, -0.25) is 4.90 Å². The third-order valence-corrected chi connectivity index (χ3v) is 5.35. The summed E-state index contributed by atoms with van der Waals surface area (Å²) in [5.41, 5.74) is 2.54. The molecule has 8 heteroatoms. The van der Waals surface area contributed by atoms with Gasteiger partial charge in [0.15, 0.2) is 5.96 Å². The molecule has 31 heavy (non-hydrogen) atoms. The van der Waals surface area contributed by atoms with Gasteiger partial charge >= 0.3 is 0 Å². The maximum absolute atomic E-state index is 5.83. The standard InChI is InChI=1S/C23H37N7O/c1-5-22-28-27-17-30(22)12-11-25-23(24-6-2)26-13-20-7-9-21(10-8-20)16-29-14-18(3)31-19(4)15-29/h7-10,17-19H,5-6,11-16H2,1-4H3,(H2,24,25,26). The molecule has 0 saturated carbocycles. The van der Waals surface area contributed by atoms with Crippen LogP contribution in [0.3, 0.4) is 0 Å². The predicted molar refractivity (Wildman–Crippen MR) is 124 cm³/mol. The molecule has 0 aliphatic carbocycles. The molecule has 2 heterocycles. The maximum Gasteiger partial charge on any atom is 0.191 e. The van der Waals surface area contributed by atoms with E-state index in [1.165, 1.54) is 11.1 Å². The number of morpholine rings is 1. The largest absolute Gasteiger partial charge is 0.373 e. The number of nitrogens with one attached hydrogen (secondary N) is 2. The number of rotatable bonds is 9. The highest BCUT2D eigenvalue weighted by Crippen LogP contribution is 2.15. The minimum Gasteiger partial charge on any atom is -0.373 e. The van der Waals surface area contributed by atoms with Crippen LogP contribution in [0.1, 0.15) is 44.6 Å². The van der Waals surface area contributed by atoms with E-state index in [1.54, 1.807) is 6.33 Å². The Kier molecular flexibility index (Phi) is 8.85. The van der Waals surface area contributed by atoms with E-state index in [9.17, 15) is 0 Å². The van der Waals surface area contributed by atoms with Gasteiger partial charge in [0.2, 0.25) is 0 Å². The average molecular weight is 428 g/mol. The normalized spacial score (nSPS) is 20.1. The lowest BCUT2D eigenvalue weighted by molar-refractivity contribution is -0.0704. The summed E-state index contributed by atoms with van der Waals surface area (Å²) < 4.78 is 7.91. The molecule has 1 aliphatic rings. The van der Waals surface area contributed by atoms with Crippen molar-refractivity contribution >= 4 is 5.96 Å². The molecule has 8 nitrogen and oxygen atoms in total. The summed E-state index contributed by atoms with van der Waals surface area (Å²) in [6.07, 6.45) is 3.26. The van der Waals surface area contributed by atoms with Gasteiger partial charge < -0.3 is 19.9 Å². The molecular weight excluding hydrogens is 390 g/mol. The molecule has 2 unspecified atom stereocenters. The van der Waals surface area contributed by atoms with Gasteiger partial charge in [-0.25, -0.2) is 4.99 Å². The summed E-state index contributed by atoms with van der Waals surface area (Å²) in [6, 6.07) is 8.80. The van der Waals surface area contributed by atoms with Crippen molar-refractivity contribution in [2.45, 2.75) is 66.0 Å². The van der Waals surface area contributed by atoms with Crippen LogP contribution < -0.4 is 10.6 Å². The molecule has 1 saturated heterocycles. The van der Waals surface area contributed by atoms with E-state index in [1.807, 2.05) is 0 Å². The van der Waals surface area contributed by atoms with Gasteiger partial charge in [0.25, 0.3) is 0 Å². The Hall–Kier alpha value is -2.45. The molecule has 170 valence electrons. The van der Waals surface area contributed by atoms with Crippen molar-refractivity contribution in [3.05, 3.63) is 47.5 Å². The Morgan fingerprint density at radius 1 is 1.10 bits per heavy atom. The van der Waals surface area contributed by atoms with Crippen LogP contribution in [0.15, 0.2) is 35.6 Å². The first kappa shape index (κ1) is 23.2. The monoisotopic (exact) mass is 427 g/mol. The summed E-state index contributed by atoms with van der Waals surface area (Å²) in [5.74, 6) is 1.83. The second-order valence-electron chi connectivity index (χ2n) is 8.18. The average Bonchev–Trinajstić information content (AvgIpc) is 3.20. The molecule has 0 radical (unpaired) electrons. The highest BCUT2D eigenvalue weighted by molar-refractivity contribution is 5.79. The molecule has 2 aromatic rings. The first-order valence-electron chi connectivity index (χ1n) is 11.4. The van der Waals surface area contributed by atoms with Crippen LogP contribution >= 0.6 is 0 Å². The fourth-order valence-electron chi connectivity index (χ4n) is 3.97. The highest BCUT2D eigenvalue weighted by Gasteiger charge is 2.21. The summed E-state index contributed by atoms with van der Waals surface area (Å²) in [6.45, 7) is 14.5.